The molecule has 1 amide bonds. The Hall–Kier alpha value is -1.11. The summed E-state index contributed by atoms with van der Waals surface area (Å²) in [5.41, 5.74) is 1.02. The lowest BCUT2D eigenvalue weighted by atomic mass is 10.2. The second-order valence-corrected chi connectivity index (χ2v) is 6.25. The van der Waals surface area contributed by atoms with Gasteiger partial charge >= 0.3 is 0 Å². The minimum atomic E-state index is -0.297. The molecule has 2 N–H and O–H groups in total. The Kier molecular flexibility index (Phi) is 5.61. The summed E-state index contributed by atoms with van der Waals surface area (Å²) in [6.45, 7) is 2.67. The molecular weight excluding hydrogens is 421 g/mol. The van der Waals surface area contributed by atoms with Crippen LogP contribution in [0.25, 0.3) is 0 Å². The number of halogens is 3. The fraction of sp³-hybridized carbons (Fsp3) is 0.143. The zero-order chi connectivity index (χ0) is 15.4. The number of aromatic nitrogens is 1. The molecule has 110 valence electrons. The Labute approximate surface area is 144 Å². The van der Waals surface area contributed by atoms with Gasteiger partial charge in [0.15, 0.2) is 0 Å². The SMILES string of the molecule is CCNc1cc(C(=O)Nc2c(Br)cccc2Br)c(Cl)cn1. The molecule has 0 atom stereocenters. The lowest BCUT2D eigenvalue weighted by Gasteiger charge is -2.11. The van der Waals surface area contributed by atoms with Crippen LogP contribution < -0.4 is 10.6 Å². The highest BCUT2D eigenvalue weighted by atomic mass is 79.9. The van der Waals surface area contributed by atoms with Gasteiger partial charge in [0, 0.05) is 21.7 Å². The van der Waals surface area contributed by atoms with Crippen molar-refractivity contribution in [2.45, 2.75) is 6.92 Å². The summed E-state index contributed by atoms with van der Waals surface area (Å²) in [5.74, 6) is 0.312. The summed E-state index contributed by atoms with van der Waals surface area (Å²) in [5, 5.41) is 6.18. The number of benzene rings is 1. The highest BCUT2D eigenvalue weighted by Crippen LogP contribution is 2.31. The number of rotatable bonds is 4. The van der Waals surface area contributed by atoms with Crippen molar-refractivity contribution in [1.29, 1.82) is 0 Å². The molecule has 7 heteroatoms. The van der Waals surface area contributed by atoms with Crippen LogP contribution in [-0.4, -0.2) is 17.4 Å². The molecule has 1 heterocycles. The van der Waals surface area contributed by atoms with Crippen LogP contribution in [-0.2, 0) is 0 Å². The summed E-state index contributed by atoms with van der Waals surface area (Å²) >= 11 is 12.9. The van der Waals surface area contributed by atoms with E-state index in [1.807, 2.05) is 25.1 Å². The maximum atomic E-state index is 12.4. The quantitative estimate of drug-likeness (QED) is 0.718. The standard InChI is InChI=1S/C14H12Br2ClN3O/c1-2-18-12-6-8(11(17)7-19-12)14(21)20-13-9(15)4-3-5-10(13)16/h3-7H,2H2,1H3,(H,18,19)(H,20,21). The summed E-state index contributed by atoms with van der Waals surface area (Å²) in [6.07, 6.45) is 1.46. The molecule has 0 saturated carbocycles. The van der Waals surface area contributed by atoms with E-state index in [0.717, 1.165) is 8.95 Å². The van der Waals surface area contributed by atoms with E-state index in [2.05, 4.69) is 47.5 Å². The second kappa shape index (κ2) is 7.24. The molecule has 0 aliphatic heterocycles. The third-order valence-electron chi connectivity index (χ3n) is 2.66. The van der Waals surface area contributed by atoms with E-state index in [1.54, 1.807) is 6.07 Å². The lowest BCUT2D eigenvalue weighted by Crippen LogP contribution is -2.14. The van der Waals surface area contributed by atoms with E-state index >= 15 is 0 Å². The van der Waals surface area contributed by atoms with Crippen LogP contribution in [0.4, 0.5) is 11.5 Å². The maximum absolute atomic E-state index is 12.4. The van der Waals surface area contributed by atoms with Gasteiger partial charge in [-0.2, -0.15) is 0 Å². The monoisotopic (exact) mass is 431 g/mol. The molecule has 4 nitrogen and oxygen atoms in total. The summed E-state index contributed by atoms with van der Waals surface area (Å²) in [6, 6.07) is 7.19. The Bertz CT molecular complexity index is 659. The smallest absolute Gasteiger partial charge is 0.257 e. The zero-order valence-electron chi connectivity index (χ0n) is 11.1. The van der Waals surface area contributed by atoms with Crippen molar-refractivity contribution in [3.05, 3.63) is 50.0 Å². The molecular formula is C14H12Br2ClN3O. The molecule has 2 rings (SSSR count). The second-order valence-electron chi connectivity index (χ2n) is 4.13. The number of nitrogens with one attached hydrogen (secondary N) is 2. The highest BCUT2D eigenvalue weighted by molar-refractivity contribution is 9.11. The van der Waals surface area contributed by atoms with E-state index in [4.69, 9.17) is 11.6 Å². The van der Waals surface area contributed by atoms with Crippen LogP contribution in [0.15, 0.2) is 39.4 Å². The van der Waals surface area contributed by atoms with Crippen molar-refractivity contribution < 1.29 is 4.79 Å². The van der Waals surface area contributed by atoms with Crippen molar-refractivity contribution in [1.82, 2.24) is 4.98 Å². The molecule has 0 saturated heterocycles. The van der Waals surface area contributed by atoms with Crippen molar-refractivity contribution in [2.24, 2.45) is 0 Å². The molecule has 0 aliphatic rings. The molecule has 0 bridgehead atoms. The minimum Gasteiger partial charge on any atom is -0.370 e. The molecule has 0 aliphatic carbocycles. The van der Waals surface area contributed by atoms with Crippen LogP contribution >= 0.6 is 43.5 Å². The number of carbonyl (C=O) groups excluding carboxylic acids is 1. The van der Waals surface area contributed by atoms with Gasteiger partial charge in [-0.3, -0.25) is 4.79 Å². The molecule has 21 heavy (non-hydrogen) atoms. The molecule has 0 unspecified atom stereocenters. The first-order valence-electron chi connectivity index (χ1n) is 6.17. The van der Waals surface area contributed by atoms with Crippen LogP contribution in [0.3, 0.4) is 0 Å². The van der Waals surface area contributed by atoms with Crippen LogP contribution in [0.2, 0.25) is 5.02 Å². The molecule has 0 spiro atoms. The summed E-state index contributed by atoms with van der Waals surface area (Å²) in [4.78, 5) is 16.5. The number of carbonyl (C=O) groups is 1. The van der Waals surface area contributed by atoms with Crippen LogP contribution in [0.1, 0.15) is 17.3 Å². The Morgan fingerprint density at radius 1 is 1.33 bits per heavy atom. The Balaban J connectivity index is 2.30. The third kappa shape index (κ3) is 3.96. The number of pyridine rings is 1. The average Bonchev–Trinajstić information content (AvgIpc) is 2.45. The third-order valence-corrected chi connectivity index (χ3v) is 4.28. The van der Waals surface area contributed by atoms with Crippen molar-refractivity contribution in [2.75, 3.05) is 17.2 Å². The molecule has 1 aromatic heterocycles. The first-order chi connectivity index (χ1) is 10.0. The van der Waals surface area contributed by atoms with Gasteiger partial charge in [0.2, 0.25) is 0 Å². The average molecular weight is 434 g/mol. The van der Waals surface area contributed by atoms with E-state index in [1.165, 1.54) is 6.20 Å². The van der Waals surface area contributed by atoms with Gasteiger partial charge in [-0.05, 0) is 57.0 Å². The predicted molar refractivity (Wildman–Crippen MR) is 93.2 cm³/mol. The predicted octanol–water partition coefficient (Wildman–Crippen LogP) is 4.94. The fourth-order valence-corrected chi connectivity index (χ4v) is 3.07. The number of amides is 1. The van der Waals surface area contributed by atoms with Crippen molar-refractivity contribution in [3.63, 3.8) is 0 Å². The number of anilines is 2. The maximum Gasteiger partial charge on any atom is 0.257 e. The lowest BCUT2D eigenvalue weighted by molar-refractivity contribution is 0.102. The first kappa shape index (κ1) is 16.3. The topological polar surface area (TPSA) is 54.0 Å². The molecule has 0 fully saturated rings. The molecule has 2 aromatic rings. The minimum absolute atomic E-state index is 0.297. The van der Waals surface area contributed by atoms with Gasteiger partial charge in [-0.25, -0.2) is 4.98 Å². The zero-order valence-corrected chi connectivity index (χ0v) is 15.0. The van der Waals surface area contributed by atoms with E-state index < -0.39 is 0 Å². The van der Waals surface area contributed by atoms with Crippen molar-refractivity contribution in [3.8, 4) is 0 Å². The number of hydrogen-bond donors (Lipinski definition) is 2. The number of hydrogen-bond acceptors (Lipinski definition) is 3. The van der Waals surface area contributed by atoms with Gasteiger partial charge in [0.25, 0.3) is 5.91 Å². The van der Waals surface area contributed by atoms with Gasteiger partial charge in [0.05, 0.1) is 16.3 Å². The van der Waals surface area contributed by atoms with Gasteiger partial charge in [-0.15, -0.1) is 0 Å². The van der Waals surface area contributed by atoms with E-state index in [9.17, 15) is 4.79 Å². The van der Waals surface area contributed by atoms with E-state index in [-0.39, 0.29) is 5.91 Å². The highest BCUT2D eigenvalue weighted by Gasteiger charge is 2.15. The van der Waals surface area contributed by atoms with E-state index in [0.29, 0.717) is 28.6 Å². The van der Waals surface area contributed by atoms with Crippen molar-refractivity contribution >= 4 is 60.9 Å². The fourth-order valence-electron chi connectivity index (χ4n) is 1.69. The first-order valence-corrected chi connectivity index (χ1v) is 8.14. The largest absolute Gasteiger partial charge is 0.370 e. The Morgan fingerprint density at radius 2 is 2.00 bits per heavy atom. The van der Waals surface area contributed by atoms with Gasteiger partial charge < -0.3 is 10.6 Å². The van der Waals surface area contributed by atoms with Gasteiger partial charge in [0.1, 0.15) is 5.82 Å². The number of nitrogens with zero attached hydrogens (tertiary/aromatic N) is 1. The summed E-state index contributed by atoms with van der Waals surface area (Å²) < 4.78 is 1.56. The van der Waals surface area contributed by atoms with Crippen LogP contribution in [0.5, 0.6) is 0 Å². The Morgan fingerprint density at radius 3 is 2.62 bits per heavy atom. The normalized spacial score (nSPS) is 10.3. The molecule has 0 radical (unpaired) electrons. The number of para-hydroxylation sites is 1. The van der Waals surface area contributed by atoms with Crippen LogP contribution in [0, 0.1) is 0 Å². The molecule has 1 aromatic carbocycles. The summed E-state index contributed by atoms with van der Waals surface area (Å²) in [7, 11) is 0. The van der Waals surface area contributed by atoms with Gasteiger partial charge in [-0.1, -0.05) is 17.7 Å².